The smallest absolute Gasteiger partial charge is 0.228 e. The number of anilines is 1. The molecule has 0 spiro atoms. The van der Waals surface area contributed by atoms with Crippen molar-refractivity contribution in [3.05, 3.63) is 46.7 Å². The Hall–Kier alpha value is -1.26. The van der Waals surface area contributed by atoms with E-state index in [1.807, 2.05) is 28.8 Å². The van der Waals surface area contributed by atoms with Gasteiger partial charge in [0.25, 0.3) is 0 Å². The van der Waals surface area contributed by atoms with Gasteiger partial charge in [0, 0.05) is 22.2 Å². The van der Waals surface area contributed by atoms with Gasteiger partial charge in [0.15, 0.2) is 0 Å². The summed E-state index contributed by atoms with van der Waals surface area (Å²) in [5.41, 5.74) is 1.05. The second-order valence-corrected chi connectivity index (χ2v) is 7.38. The standard InChI is InChI=1S/C16H17NOS2/c1-11(2)17-12-6-3-4-7-13(12)20-15(10-16(17)18)14-8-5-9-19-14/h3-9,11,15H,10H2,1-2H3. The molecule has 104 valence electrons. The first-order valence-corrected chi connectivity index (χ1v) is 8.54. The average molecular weight is 303 g/mol. The van der Waals surface area contributed by atoms with Gasteiger partial charge in [-0.3, -0.25) is 4.79 Å². The highest BCUT2D eigenvalue weighted by Crippen LogP contribution is 2.46. The lowest BCUT2D eigenvalue weighted by atomic mass is 10.2. The fourth-order valence-corrected chi connectivity index (χ4v) is 4.73. The van der Waals surface area contributed by atoms with Crippen molar-refractivity contribution in [2.24, 2.45) is 0 Å². The molecule has 2 aromatic rings. The summed E-state index contributed by atoms with van der Waals surface area (Å²) in [7, 11) is 0. The van der Waals surface area contributed by atoms with Gasteiger partial charge in [0.05, 0.1) is 10.9 Å². The van der Waals surface area contributed by atoms with Gasteiger partial charge in [0.1, 0.15) is 0 Å². The maximum Gasteiger partial charge on any atom is 0.228 e. The monoisotopic (exact) mass is 303 g/mol. The number of carbonyl (C=O) groups is 1. The maximum atomic E-state index is 12.6. The van der Waals surface area contributed by atoms with Crippen LogP contribution < -0.4 is 4.90 Å². The molecule has 0 fully saturated rings. The Kier molecular flexibility index (Phi) is 3.85. The number of fused-ring (bicyclic) bond motifs is 1. The summed E-state index contributed by atoms with van der Waals surface area (Å²) in [6.45, 7) is 4.15. The van der Waals surface area contributed by atoms with Crippen LogP contribution >= 0.6 is 23.1 Å². The van der Waals surface area contributed by atoms with E-state index in [2.05, 4.69) is 43.5 Å². The molecule has 2 nitrogen and oxygen atoms in total. The van der Waals surface area contributed by atoms with E-state index in [1.54, 1.807) is 11.3 Å². The minimum absolute atomic E-state index is 0.186. The fraction of sp³-hybridized carbons (Fsp3) is 0.312. The lowest BCUT2D eigenvalue weighted by molar-refractivity contribution is -0.118. The molecule has 1 atom stereocenters. The maximum absolute atomic E-state index is 12.6. The van der Waals surface area contributed by atoms with Crippen LogP contribution in [0.5, 0.6) is 0 Å². The number of rotatable bonds is 2. The number of hydrogen-bond donors (Lipinski definition) is 0. The summed E-state index contributed by atoms with van der Waals surface area (Å²) in [4.78, 5) is 17.1. The fourth-order valence-electron chi connectivity index (χ4n) is 2.54. The second kappa shape index (κ2) is 5.62. The summed E-state index contributed by atoms with van der Waals surface area (Å²) in [5, 5.41) is 2.31. The van der Waals surface area contributed by atoms with Crippen LogP contribution in [-0.2, 0) is 4.79 Å². The quantitative estimate of drug-likeness (QED) is 0.799. The van der Waals surface area contributed by atoms with Crippen LogP contribution in [0.25, 0.3) is 0 Å². The van der Waals surface area contributed by atoms with E-state index < -0.39 is 0 Å². The normalized spacial score (nSPS) is 19.1. The summed E-state index contributed by atoms with van der Waals surface area (Å²) >= 11 is 3.54. The molecule has 0 saturated carbocycles. The van der Waals surface area contributed by atoms with E-state index >= 15 is 0 Å². The van der Waals surface area contributed by atoms with Gasteiger partial charge in [-0.15, -0.1) is 23.1 Å². The van der Waals surface area contributed by atoms with Crippen molar-refractivity contribution in [3.63, 3.8) is 0 Å². The molecular weight excluding hydrogens is 286 g/mol. The van der Waals surface area contributed by atoms with Gasteiger partial charge in [-0.25, -0.2) is 0 Å². The highest BCUT2D eigenvalue weighted by molar-refractivity contribution is 7.99. The number of para-hydroxylation sites is 1. The minimum Gasteiger partial charge on any atom is -0.309 e. The largest absolute Gasteiger partial charge is 0.309 e. The highest BCUT2D eigenvalue weighted by atomic mass is 32.2. The molecule has 0 aliphatic carbocycles. The number of thioether (sulfide) groups is 1. The highest BCUT2D eigenvalue weighted by Gasteiger charge is 2.30. The van der Waals surface area contributed by atoms with E-state index in [0.29, 0.717) is 6.42 Å². The lowest BCUT2D eigenvalue weighted by Gasteiger charge is -2.26. The summed E-state index contributed by atoms with van der Waals surface area (Å²) < 4.78 is 0. The molecule has 1 amide bonds. The zero-order valence-corrected chi connectivity index (χ0v) is 13.2. The molecular formula is C16H17NOS2. The van der Waals surface area contributed by atoms with E-state index in [4.69, 9.17) is 0 Å². The van der Waals surface area contributed by atoms with Crippen LogP contribution in [0.15, 0.2) is 46.7 Å². The predicted molar refractivity (Wildman–Crippen MR) is 86.6 cm³/mol. The average Bonchev–Trinajstić information content (AvgIpc) is 2.89. The summed E-state index contributed by atoms with van der Waals surface area (Å²) in [6, 6.07) is 12.6. The topological polar surface area (TPSA) is 20.3 Å². The van der Waals surface area contributed by atoms with Crippen LogP contribution in [0, 0.1) is 0 Å². The third-order valence-corrected chi connectivity index (χ3v) is 5.84. The summed E-state index contributed by atoms with van der Waals surface area (Å²) in [6.07, 6.45) is 0.568. The Balaban J connectivity index is 2.04. The van der Waals surface area contributed by atoms with Crippen LogP contribution in [0.2, 0.25) is 0 Å². The Morgan fingerprint density at radius 1 is 1.20 bits per heavy atom. The van der Waals surface area contributed by atoms with Crippen LogP contribution in [0.4, 0.5) is 5.69 Å². The Morgan fingerprint density at radius 2 is 2.00 bits per heavy atom. The van der Waals surface area contributed by atoms with Crippen LogP contribution in [-0.4, -0.2) is 11.9 Å². The van der Waals surface area contributed by atoms with Crippen molar-refractivity contribution in [1.82, 2.24) is 0 Å². The molecule has 1 aliphatic rings. The van der Waals surface area contributed by atoms with E-state index in [1.165, 1.54) is 9.77 Å². The van der Waals surface area contributed by atoms with Gasteiger partial charge in [-0.2, -0.15) is 0 Å². The molecule has 4 heteroatoms. The molecule has 20 heavy (non-hydrogen) atoms. The summed E-state index contributed by atoms with van der Waals surface area (Å²) in [5.74, 6) is 0.218. The Labute approximate surface area is 127 Å². The first-order valence-electron chi connectivity index (χ1n) is 6.78. The lowest BCUT2D eigenvalue weighted by Crippen LogP contribution is -2.36. The number of hydrogen-bond acceptors (Lipinski definition) is 3. The Bertz CT molecular complexity index is 607. The van der Waals surface area contributed by atoms with E-state index in [-0.39, 0.29) is 17.2 Å². The van der Waals surface area contributed by atoms with Crippen molar-refractivity contribution in [2.45, 2.75) is 36.5 Å². The Morgan fingerprint density at radius 3 is 2.70 bits per heavy atom. The van der Waals surface area contributed by atoms with Gasteiger partial charge in [-0.05, 0) is 37.4 Å². The first-order chi connectivity index (χ1) is 9.66. The van der Waals surface area contributed by atoms with Crippen molar-refractivity contribution in [2.75, 3.05) is 4.90 Å². The second-order valence-electron chi connectivity index (χ2n) is 5.15. The van der Waals surface area contributed by atoms with Gasteiger partial charge < -0.3 is 4.90 Å². The third-order valence-electron chi connectivity index (χ3n) is 3.40. The van der Waals surface area contributed by atoms with Crippen LogP contribution in [0.3, 0.4) is 0 Å². The van der Waals surface area contributed by atoms with E-state index in [9.17, 15) is 4.79 Å². The van der Waals surface area contributed by atoms with Crippen molar-refractivity contribution in [3.8, 4) is 0 Å². The zero-order chi connectivity index (χ0) is 14.1. The molecule has 3 rings (SSSR count). The van der Waals surface area contributed by atoms with Gasteiger partial charge >= 0.3 is 0 Å². The molecule has 1 aromatic carbocycles. The van der Waals surface area contributed by atoms with Gasteiger partial charge in [-0.1, -0.05) is 18.2 Å². The van der Waals surface area contributed by atoms with Crippen molar-refractivity contribution >= 4 is 34.7 Å². The van der Waals surface area contributed by atoms with Crippen molar-refractivity contribution < 1.29 is 4.79 Å². The molecule has 2 heterocycles. The molecule has 0 radical (unpaired) electrons. The molecule has 0 saturated heterocycles. The minimum atomic E-state index is 0.186. The molecule has 1 aromatic heterocycles. The van der Waals surface area contributed by atoms with Crippen LogP contribution in [0.1, 0.15) is 30.4 Å². The molecule has 0 bridgehead atoms. The molecule has 0 N–H and O–H groups in total. The van der Waals surface area contributed by atoms with E-state index in [0.717, 1.165) is 5.69 Å². The number of carbonyl (C=O) groups excluding carboxylic acids is 1. The zero-order valence-electron chi connectivity index (χ0n) is 11.6. The number of amides is 1. The predicted octanol–water partition coefficient (Wildman–Crippen LogP) is 4.73. The molecule has 1 aliphatic heterocycles. The molecule has 1 unspecified atom stereocenters. The third kappa shape index (κ3) is 2.50. The van der Waals surface area contributed by atoms with Gasteiger partial charge in [0.2, 0.25) is 5.91 Å². The van der Waals surface area contributed by atoms with Crippen molar-refractivity contribution in [1.29, 1.82) is 0 Å². The number of nitrogens with zero attached hydrogens (tertiary/aromatic N) is 1. The first kappa shape index (κ1) is 13.7. The number of benzene rings is 1. The number of thiophene rings is 1. The SMILES string of the molecule is CC(C)N1C(=O)CC(c2cccs2)Sc2ccccc21.